The van der Waals surface area contributed by atoms with Crippen molar-refractivity contribution in [2.24, 2.45) is 0 Å². The van der Waals surface area contributed by atoms with Gasteiger partial charge >= 0.3 is 6.18 Å². The van der Waals surface area contributed by atoms with Gasteiger partial charge < -0.3 is 15.3 Å². The number of aliphatic hydroxyl groups excluding tert-OH is 1. The average molecular weight is 419 g/mol. The number of amides is 1. The first-order chi connectivity index (χ1) is 14.2. The monoisotopic (exact) mass is 419 g/mol. The molecule has 10 heteroatoms. The maximum Gasteiger partial charge on any atom is 0.395 e. The first-order valence-electron chi connectivity index (χ1n) is 9.29. The van der Waals surface area contributed by atoms with Gasteiger partial charge in [0.15, 0.2) is 11.5 Å². The lowest BCUT2D eigenvalue weighted by Gasteiger charge is -2.18. The molecule has 3 rings (SSSR count). The number of nitrogens with zero attached hydrogens (tertiary/aromatic N) is 4. The van der Waals surface area contributed by atoms with Crippen LogP contribution in [0.5, 0.6) is 0 Å². The molecule has 3 atom stereocenters. The van der Waals surface area contributed by atoms with E-state index in [-0.39, 0.29) is 30.1 Å². The number of hydrogen-bond donors (Lipinski definition) is 2. The Balaban J connectivity index is 1.56. The molecule has 0 bridgehead atoms. The number of alkyl halides is 3. The first kappa shape index (κ1) is 21.5. The van der Waals surface area contributed by atoms with Crippen molar-refractivity contribution < 1.29 is 23.1 Å². The van der Waals surface area contributed by atoms with Crippen LogP contribution in [0.15, 0.2) is 36.4 Å². The van der Waals surface area contributed by atoms with E-state index in [2.05, 4.69) is 15.5 Å². The van der Waals surface area contributed by atoms with Crippen LogP contribution in [0, 0.1) is 11.3 Å². The Morgan fingerprint density at radius 3 is 2.53 bits per heavy atom. The van der Waals surface area contributed by atoms with Gasteiger partial charge in [-0.15, -0.1) is 10.2 Å². The van der Waals surface area contributed by atoms with Crippen LogP contribution in [-0.4, -0.2) is 52.6 Å². The van der Waals surface area contributed by atoms with Crippen molar-refractivity contribution in [3.05, 3.63) is 53.2 Å². The predicted octanol–water partition coefficient (Wildman–Crippen LogP) is 1.92. The van der Waals surface area contributed by atoms with Gasteiger partial charge in [0.1, 0.15) is 6.07 Å². The molecule has 2 N–H and O–H groups in total. The fourth-order valence-electron chi connectivity index (χ4n) is 3.23. The predicted molar refractivity (Wildman–Crippen MR) is 102 cm³/mol. The summed E-state index contributed by atoms with van der Waals surface area (Å²) in [5.41, 5.74) is 0.893. The second-order valence-corrected chi connectivity index (χ2v) is 7.22. The second kappa shape index (κ2) is 8.67. The number of halogens is 3. The molecular weight excluding hydrogens is 399 g/mol. The summed E-state index contributed by atoms with van der Waals surface area (Å²) >= 11 is 0. The highest BCUT2D eigenvalue weighted by Crippen LogP contribution is 2.34. The molecule has 1 aliphatic heterocycles. The summed E-state index contributed by atoms with van der Waals surface area (Å²) in [6.45, 7) is 1.65. The van der Waals surface area contributed by atoms with E-state index >= 15 is 0 Å². The van der Waals surface area contributed by atoms with Crippen LogP contribution in [0.3, 0.4) is 0 Å². The van der Waals surface area contributed by atoms with Crippen LogP contribution in [-0.2, 0) is 11.2 Å². The number of anilines is 1. The van der Waals surface area contributed by atoms with Gasteiger partial charge in [0.05, 0.1) is 24.5 Å². The number of aromatic nitrogens is 2. The Hall–Kier alpha value is -3.19. The SMILES string of the molecule is CC(c1ccc(CC(=O)N[C@@H]2CN(c3ccc(C#N)nn3)C[C@@H]2O)cc1)C(F)(F)F. The molecule has 1 fully saturated rings. The molecule has 1 amide bonds. The van der Waals surface area contributed by atoms with Crippen LogP contribution in [0.2, 0.25) is 0 Å². The molecular formula is C20H20F3N5O2. The number of nitriles is 1. The Morgan fingerprint density at radius 2 is 1.97 bits per heavy atom. The molecule has 30 heavy (non-hydrogen) atoms. The van der Waals surface area contributed by atoms with E-state index in [0.717, 1.165) is 6.92 Å². The van der Waals surface area contributed by atoms with Crippen LogP contribution in [0.4, 0.5) is 19.0 Å². The first-order valence-corrected chi connectivity index (χ1v) is 9.29. The fourth-order valence-corrected chi connectivity index (χ4v) is 3.23. The highest BCUT2D eigenvalue weighted by Gasteiger charge is 2.37. The standard InChI is InChI=1S/C20H20F3N5O2/c1-12(20(21,22)23)14-4-2-13(3-5-14)8-19(30)25-16-10-28(11-17(16)29)18-7-6-15(9-24)26-27-18/h2-7,12,16-17,29H,8,10-11H2,1H3,(H,25,30)/t12?,16-,17+/m1/s1. The van der Waals surface area contributed by atoms with Crippen molar-refractivity contribution >= 4 is 11.7 Å². The van der Waals surface area contributed by atoms with E-state index in [1.807, 2.05) is 6.07 Å². The average Bonchev–Trinajstić information content (AvgIpc) is 3.07. The summed E-state index contributed by atoms with van der Waals surface area (Å²) in [4.78, 5) is 14.1. The lowest BCUT2D eigenvalue weighted by molar-refractivity contribution is -0.146. The van der Waals surface area contributed by atoms with E-state index in [1.165, 1.54) is 30.3 Å². The van der Waals surface area contributed by atoms with Gasteiger partial charge in [-0.05, 0) is 30.2 Å². The van der Waals surface area contributed by atoms with E-state index in [1.54, 1.807) is 11.0 Å². The Bertz CT molecular complexity index is 925. The summed E-state index contributed by atoms with van der Waals surface area (Å²) in [6, 6.07) is 10.2. The van der Waals surface area contributed by atoms with Crippen molar-refractivity contribution in [3.63, 3.8) is 0 Å². The summed E-state index contributed by atoms with van der Waals surface area (Å²) in [6.07, 6.45) is -5.15. The Labute approximate surface area is 171 Å². The van der Waals surface area contributed by atoms with E-state index in [0.29, 0.717) is 17.9 Å². The number of rotatable bonds is 5. The summed E-state index contributed by atoms with van der Waals surface area (Å²) < 4.78 is 38.4. The maximum atomic E-state index is 12.8. The largest absolute Gasteiger partial charge is 0.395 e. The molecule has 2 heterocycles. The molecule has 0 radical (unpaired) electrons. The topological polar surface area (TPSA) is 102 Å². The third kappa shape index (κ3) is 5.04. The number of hydrogen-bond acceptors (Lipinski definition) is 6. The fraction of sp³-hybridized carbons (Fsp3) is 0.400. The molecule has 1 aromatic carbocycles. The second-order valence-electron chi connectivity index (χ2n) is 7.22. The molecule has 1 saturated heterocycles. The molecule has 0 spiro atoms. The quantitative estimate of drug-likeness (QED) is 0.768. The van der Waals surface area contributed by atoms with Crippen LogP contribution >= 0.6 is 0 Å². The van der Waals surface area contributed by atoms with Crippen molar-refractivity contribution in [3.8, 4) is 6.07 Å². The van der Waals surface area contributed by atoms with Crippen molar-refractivity contribution in [1.82, 2.24) is 15.5 Å². The highest BCUT2D eigenvalue weighted by molar-refractivity contribution is 5.79. The highest BCUT2D eigenvalue weighted by atomic mass is 19.4. The normalized spacial score (nSPS) is 19.9. The molecule has 1 aromatic heterocycles. The smallest absolute Gasteiger partial charge is 0.389 e. The third-order valence-electron chi connectivity index (χ3n) is 5.06. The molecule has 2 aromatic rings. The zero-order valence-corrected chi connectivity index (χ0v) is 16.1. The van der Waals surface area contributed by atoms with E-state index < -0.39 is 24.2 Å². The minimum Gasteiger partial charge on any atom is -0.389 e. The number of aliphatic hydroxyl groups is 1. The lowest BCUT2D eigenvalue weighted by Crippen LogP contribution is -2.43. The number of nitrogens with one attached hydrogen (secondary N) is 1. The molecule has 158 valence electrons. The molecule has 0 saturated carbocycles. The van der Waals surface area contributed by atoms with Crippen LogP contribution in [0.1, 0.15) is 29.7 Å². The van der Waals surface area contributed by atoms with E-state index in [9.17, 15) is 23.1 Å². The number of carbonyl (C=O) groups excluding carboxylic acids is 1. The van der Waals surface area contributed by atoms with Gasteiger partial charge in [-0.1, -0.05) is 24.3 Å². The molecule has 1 aliphatic rings. The van der Waals surface area contributed by atoms with Crippen LogP contribution < -0.4 is 10.2 Å². The van der Waals surface area contributed by atoms with Gasteiger partial charge in [0.2, 0.25) is 5.91 Å². The van der Waals surface area contributed by atoms with Crippen molar-refractivity contribution in [2.75, 3.05) is 18.0 Å². The third-order valence-corrected chi connectivity index (χ3v) is 5.06. The summed E-state index contributed by atoms with van der Waals surface area (Å²) in [5.74, 6) is -1.44. The van der Waals surface area contributed by atoms with Gasteiger partial charge in [-0.25, -0.2) is 0 Å². The maximum absolute atomic E-state index is 12.8. The lowest BCUT2D eigenvalue weighted by atomic mass is 9.98. The van der Waals surface area contributed by atoms with Gasteiger partial charge in [0.25, 0.3) is 0 Å². The minimum atomic E-state index is -4.32. The molecule has 7 nitrogen and oxygen atoms in total. The van der Waals surface area contributed by atoms with Gasteiger partial charge in [0, 0.05) is 13.1 Å². The zero-order chi connectivity index (χ0) is 21.9. The van der Waals surface area contributed by atoms with E-state index in [4.69, 9.17) is 5.26 Å². The molecule has 0 aliphatic carbocycles. The van der Waals surface area contributed by atoms with Gasteiger partial charge in [-0.2, -0.15) is 18.4 Å². The Morgan fingerprint density at radius 1 is 1.27 bits per heavy atom. The zero-order valence-electron chi connectivity index (χ0n) is 16.1. The minimum absolute atomic E-state index is 0.0133. The number of benzene rings is 1. The van der Waals surface area contributed by atoms with Crippen LogP contribution in [0.25, 0.3) is 0 Å². The number of carbonyl (C=O) groups is 1. The molecule has 1 unspecified atom stereocenters. The van der Waals surface area contributed by atoms with Crippen molar-refractivity contribution in [2.45, 2.75) is 37.6 Å². The summed E-state index contributed by atoms with van der Waals surface area (Å²) in [5, 5.41) is 29.5. The summed E-state index contributed by atoms with van der Waals surface area (Å²) in [7, 11) is 0. The Kier molecular flexibility index (Phi) is 6.22. The number of β-amino-alcohol motifs (C(OH)–C–C–N with tert-alkyl or cyclic N) is 1. The van der Waals surface area contributed by atoms with Crippen molar-refractivity contribution in [1.29, 1.82) is 5.26 Å². The van der Waals surface area contributed by atoms with Gasteiger partial charge in [-0.3, -0.25) is 4.79 Å².